The van der Waals surface area contributed by atoms with Gasteiger partial charge in [-0.3, -0.25) is 0 Å². The Morgan fingerprint density at radius 1 is 1.12 bits per heavy atom. The van der Waals surface area contributed by atoms with Crippen molar-refractivity contribution < 1.29 is 40.6 Å². The molecular formula is C10H5FeO5. The summed E-state index contributed by atoms with van der Waals surface area (Å²) in [4.78, 5) is 20.7. The minimum atomic E-state index is -2.12. The fourth-order valence-electron chi connectivity index (χ4n) is 0.641. The third-order valence-corrected chi connectivity index (χ3v) is 1.27. The van der Waals surface area contributed by atoms with Crippen LogP contribution in [0.1, 0.15) is 5.56 Å². The molecule has 0 fully saturated rings. The second kappa shape index (κ2) is 8.36. The average Bonchev–Trinajstić information content (AvgIpc) is 2.18. The molecule has 0 aliphatic rings. The molecule has 0 saturated carbocycles. The normalized spacial score (nSPS) is 7.50. The first kappa shape index (κ1) is 14.0. The van der Waals surface area contributed by atoms with Crippen molar-refractivity contribution in [1.82, 2.24) is 0 Å². The third-order valence-electron chi connectivity index (χ3n) is 1.13. The Labute approximate surface area is 99.9 Å². The summed E-state index contributed by atoms with van der Waals surface area (Å²) in [6.45, 7) is 0. The monoisotopic (exact) mass is 261 g/mol. The van der Waals surface area contributed by atoms with Crippen LogP contribution in [0.5, 0.6) is 0 Å². The van der Waals surface area contributed by atoms with E-state index in [-0.39, 0.29) is 0 Å². The zero-order chi connectivity index (χ0) is 12.4. The Hall–Kier alpha value is -1.96. The summed E-state index contributed by atoms with van der Waals surface area (Å²) >= 11 is 3.42. The van der Waals surface area contributed by atoms with E-state index in [1.54, 1.807) is 0 Å². The molecule has 0 N–H and O–H groups in total. The van der Waals surface area contributed by atoms with Gasteiger partial charge < -0.3 is 24.5 Å². The predicted molar refractivity (Wildman–Crippen MR) is 45.2 cm³/mol. The van der Waals surface area contributed by atoms with Crippen molar-refractivity contribution in [3.63, 3.8) is 0 Å². The maximum absolute atomic E-state index is 9.06. The maximum atomic E-state index is 9.06. The van der Waals surface area contributed by atoms with Gasteiger partial charge in [0.15, 0.2) is 0 Å². The van der Waals surface area contributed by atoms with Gasteiger partial charge in [-0.1, -0.05) is 0 Å². The van der Waals surface area contributed by atoms with Gasteiger partial charge in [-0.2, -0.15) is 0 Å². The Morgan fingerprint density at radius 2 is 1.62 bits per heavy atom. The van der Waals surface area contributed by atoms with Crippen LogP contribution in [0.25, 0.3) is 0 Å². The zero-order valence-corrected chi connectivity index (χ0v) is 8.89. The number of carboxylic acid groups (broad SMARTS) is 2. The molecule has 0 aliphatic heterocycles. The molecule has 5 nitrogen and oxygen atoms in total. The van der Waals surface area contributed by atoms with Crippen molar-refractivity contribution in [3.05, 3.63) is 35.9 Å². The summed E-state index contributed by atoms with van der Waals surface area (Å²) < 4.78 is 2.86. The molecule has 1 aromatic carbocycles. The molecule has 0 radical (unpaired) electrons. The number of hydrogen-bond donors (Lipinski definition) is 0. The fourth-order valence-corrected chi connectivity index (χ4v) is 0.800. The third kappa shape index (κ3) is 8.63. The van der Waals surface area contributed by atoms with Crippen molar-refractivity contribution in [2.24, 2.45) is 0 Å². The van der Waals surface area contributed by atoms with E-state index in [9.17, 15) is 0 Å². The van der Waals surface area contributed by atoms with Gasteiger partial charge in [-0.15, -0.1) is 0 Å². The van der Waals surface area contributed by atoms with E-state index >= 15 is 0 Å². The van der Waals surface area contributed by atoms with E-state index in [2.05, 4.69) is 31.5 Å². The molecule has 0 aliphatic carbocycles. The summed E-state index contributed by atoms with van der Waals surface area (Å²) in [7, 11) is 0. The van der Waals surface area contributed by atoms with Gasteiger partial charge in [-0.25, -0.2) is 0 Å². The number of carbonyl (C=O) groups excluding carboxylic acids is 2. The Morgan fingerprint density at radius 3 is 1.94 bits per heavy atom. The summed E-state index contributed by atoms with van der Waals surface area (Å²) in [5, 5.41) is 18.1. The first-order valence-corrected chi connectivity index (χ1v) is 4.36. The summed E-state index contributed by atoms with van der Waals surface area (Å²) in [5.41, 5.74) is 1.02. The molecule has 0 unspecified atom stereocenters. The van der Waals surface area contributed by atoms with Crippen LogP contribution in [-0.4, -0.2) is 12.3 Å². The van der Waals surface area contributed by atoms with Crippen molar-refractivity contribution in [1.29, 1.82) is 0 Å². The van der Waals surface area contributed by atoms with Crippen LogP contribution in [0.2, 0.25) is 0 Å². The van der Waals surface area contributed by atoms with Gasteiger partial charge in [-0.05, 0) is 0 Å². The quantitative estimate of drug-likeness (QED) is 0.265. The van der Waals surface area contributed by atoms with E-state index in [0.717, 1.165) is 5.56 Å². The van der Waals surface area contributed by atoms with Crippen molar-refractivity contribution in [2.75, 3.05) is 0 Å². The molecular weight excluding hydrogens is 256 g/mol. The SMILES string of the molecule is O=C([O-])OC(=O)[O-].[Fe+2][C]#Cc1ccccc1. The Bertz CT molecular complexity index is 392. The number of benzene rings is 1. The van der Waals surface area contributed by atoms with Gasteiger partial charge in [0.25, 0.3) is 12.3 Å². The molecule has 6 heteroatoms. The van der Waals surface area contributed by atoms with Gasteiger partial charge in [0, 0.05) is 0 Å². The van der Waals surface area contributed by atoms with Crippen LogP contribution >= 0.6 is 0 Å². The first-order valence-electron chi connectivity index (χ1n) is 3.81. The minimum absolute atomic E-state index is 1.02. The van der Waals surface area contributed by atoms with E-state index < -0.39 is 12.3 Å². The molecule has 0 heterocycles. The zero-order valence-electron chi connectivity index (χ0n) is 7.78. The van der Waals surface area contributed by atoms with Crippen LogP contribution < -0.4 is 10.2 Å². The predicted octanol–water partition coefficient (Wildman–Crippen LogP) is -0.768. The van der Waals surface area contributed by atoms with Crippen LogP contribution in [0.3, 0.4) is 0 Å². The molecule has 0 bridgehead atoms. The summed E-state index contributed by atoms with van der Waals surface area (Å²) in [6.07, 6.45) is -4.25. The van der Waals surface area contributed by atoms with Crippen LogP contribution in [0.15, 0.2) is 30.3 Å². The Kier molecular flexibility index (Phi) is 7.33. The van der Waals surface area contributed by atoms with Crippen LogP contribution in [0, 0.1) is 10.7 Å². The van der Waals surface area contributed by atoms with Gasteiger partial charge >= 0.3 is 62.6 Å². The van der Waals surface area contributed by atoms with E-state index in [1.807, 2.05) is 30.3 Å². The van der Waals surface area contributed by atoms with Crippen molar-refractivity contribution in [2.45, 2.75) is 0 Å². The average molecular weight is 261 g/mol. The molecule has 1 rings (SSSR count). The number of hydrogen-bond acceptors (Lipinski definition) is 5. The number of rotatable bonds is 0. The summed E-state index contributed by atoms with van der Waals surface area (Å²) in [5.74, 6) is 2.85. The molecule has 0 saturated heterocycles. The van der Waals surface area contributed by atoms with E-state index in [0.29, 0.717) is 0 Å². The Balaban J connectivity index is 0.000000293. The molecule has 1 aromatic rings. The topological polar surface area (TPSA) is 89.5 Å². The van der Waals surface area contributed by atoms with E-state index in [1.165, 1.54) is 0 Å². The molecule has 83 valence electrons. The molecule has 0 amide bonds. The molecule has 16 heavy (non-hydrogen) atoms. The molecule has 0 aromatic heterocycles. The van der Waals surface area contributed by atoms with Gasteiger partial charge in [0.1, 0.15) is 0 Å². The van der Waals surface area contributed by atoms with E-state index in [4.69, 9.17) is 19.8 Å². The van der Waals surface area contributed by atoms with Crippen molar-refractivity contribution in [3.8, 4) is 10.7 Å². The molecule has 0 spiro atoms. The molecule has 0 atom stereocenters. The van der Waals surface area contributed by atoms with Crippen molar-refractivity contribution >= 4 is 12.3 Å². The van der Waals surface area contributed by atoms with Gasteiger partial charge in [0.2, 0.25) is 0 Å². The van der Waals surface area contributed by atoms with Crippen LogP contribution in [-0.2, 0) is 20.7 Å². The second-order valence-corrected chi connectivity index (χ2v) is 2.46. The summed E-state index contributed by atoms with van der Waals surface area (Å²) in [6, 6.07) is 9.80. The second-order valence-electron chi connectivity index (χ2n) is 2.18. The van der Waals surface area contributed by atoms with Crippen LogP contribution in [0.4, 0.5) is 9.59 Å². The fraction of sp³-hybridized carbons (Fsp3) is 0. The number of carbonyl (C=O) groups is 2. The number of ether oxygens (including phenoxy) is 1. The standard InChI is InChI=1S/C8H5.C2H2O5.Fe/c1-2-8-6-4-3-5-7-8;3-1(4)7-2(5)6;/h3-7H;(H,3,4)(H,5,6);/q;;+2/p-2. The first-order chi connectivity index (χ1) is 7.56. The van der Waals surface area contributed by atoms with Gasteiger partial charge in [0.05, 0.1) is 0 Å².